The lowest BCUT2D eigenvalue weighted by molar-refractivity contribution is 0.715. The van der Waals surface area contributed by atoms with Gasteiger partial charge in [0, 0.05) is 28.0 Å². The average molecular weight is 311 g/mol. The smallest absolute Gasteiger partial charge is 0.0947 e. The Labute approximate surface area is 114 Å². The summed E-state index contributed by atoms with van der Waals surface area (Å²) >= 11 is 5.18. The molecule has 0 bridgehead atoms. The molecule has 4 heteroatoms. The van der Waals surface area contributed by atoms with Crippen molar-refractivity contribution in [2.45, 2.75) is 26.3 Å². The van der Waals surface area contributed by atoms with E-state index < -0.39 is 0 Å². The van der Waals surface area contributed by atoms with Gasteiger partial charge in [-0.3, -0.25) is 0 Å². The van der Waals surface area contributed by atoms with Crippen LogP contribution in [0.4, 0.5) is 0 Å². The van der Waals surface area contributed by atoms with Gasteiger partial charge in [-0.1, -0.05) is 22.0 Å². The Bertz CT molecular complexity index is 502. The van der Waals surface area contributed by atoms with Crippen molar-refractivity contribution in [3.63, 3.8) is 0 Å². The minimum absolute atomic E-state index is 0.0109. The van der Waals surface area contributed by atoms with Crippen molar-refractivity contribution in [2.75, 3.05) is 0 Å². The maximum Gasteiger partial charge on any atom is 0.0947 e. The Hall–Kier alpha value is -0.710. The Kier molecular flexibility index (Phi) is 3.97. The molecule has 0 saturated carbocycles. The van der Waals surface area contributed by atoms with E-state index in [4.69, 9.17) is 5.73 Å². The van der Waals surface area contributed by atoms with Crippen LogP contribution < -0.4 is 5.73 Å². The summed E-state index contributed by atoms with van der Waals surface area (Å²) in [6.07, 6.45) is 0.800. The van der Waals surface area contributed by atoms with E-state index in [1.807, 2.05) is 6.92 Å². The zero-order valence-corrected chi connectivity index (χ0v) is 12.3. The molecule has 0 saturated heterocycles. The SMILES string of the molecule is Cc1cc(Br)cc(C(N)Cc2nc(C)cs2)c1. The summed E-state index contributed by atoms with van der Waals surface area (Å²) < 4.78 is 1.08. The van der Waals surface area contributed by atoms with Crippen LogP contribution in [0.2, 0.25) is 0 Å². The lowest BCUT2D eigenvalue weighted by Crippen LogP contribution is -2.13. The maximum atomic E-state index is 6.22. The van der Waals surface area contributed by atoms with Crippen LogP contribution >= 0.6 is 27.3 Å². The molecule has 0 aliphatic carbocycles. The van der Waals surface area contributed by atoms with Gasteiger partial charge >= 0.3 is 0 Å². The van der Waals surface area contributed by atoms with Crippen molar-refractivity contribution in [3.8, 4) is 0 Å². The molecule has 1 heterocycles. The van der Waals surface area contributed by atoms with Gasteiger partial charge in [0.1, 0.15) is 0 Å². The number of hydrogen-bond acceptors (Lipinski definition) is 3. The predicted molar refractivity (Wildman–Crippen MR) is 76.4 cm³/mol. The lowest BCUT2D eigenvalue weighted by atomic mass is 10.0. The first kappa shape index (κ1) is 12.7. The molecule has 0 aliphatic heterocycles. The topological polar surface area (TPSA) is 38.9 Å². The van der Waals surface area contributed by atoms with E-state index in [2.05, 4.69) is 51.4 Å². The molecule has 1 aromatic carbocycles. The molecule has 2 nitrogen and oxygen atoms in total. The zero-order chi connectivity index (χ0) is 12.4. The van der Waals surface area contributed by atoms with Gasteiger partial charge in [0.05, 0.1) is 5.01 Å². The number of benzene rings is 1. The highest BCUT2D eigenvalue weighted by molar-refractivity contribution is 9.10. The third-order valence-corrected chi connectivity index (χ3v) is 4.00. The van der Waals surface area contributed by atoms with Crippen molar-refractivity contribution in [2.24, 2.45) is 5.73 Å². The van der Waals surface area contributed by atoms with Crippen LogP contribution in [0.25, 0.3) is 0 Å². The molecule has 0 amide bonds. The van der Waals surface area contributed by atoms with Crippen LogP contribution in [0.15, 0.2) is 28.1 Å². The van der Waals surface area contributed by atoms with Gasteiger partial charge in [-0.15, -0.1) is 11.3 Å². The third-order valence-electron chi connectivity index (χ3n) is 2.55. The zero-order valence-electron chi connectivity index (χ0n) is 9.90. The molecule has 1 aromatic heterocycles. The number of nitrogens with two attached hydrogens (primary N) is 1. The molecule has 1 unspecified atom stereocenters. The molecule has 2 aromatic rings. The van der Waals surface area contributed by atoms with Crippen LogP contribution in [-0.2, 0) is 6.42 Å². The predicted octanol–water partition coefficient (Wildman–Crippen LogP) is 3.76. The number of aromatic nitrogens is 1. The summed E-state index contributed by atoms with van der Waals surface area (Å²) in [5, 5.41) is 3.17. The molecule has 90 valence electrons. The van der Waals surface area contributed by atoms with E-state index in [-0.39, 0.29) is 6.04 Å². The van der Waals surface area contributed by atoms with Gasteiger partial charge in [-0.05, 0) is 37.1 Å². The first-order valence-electron chi connectivity index (χ1n) is 5.48. The van der Waals surface area contributed by atoms with E-state index >= 15 is 0 Å². The van der Waals surface area contributed by atoms with Gasteiger partial charge in [-0.2, -0.15) is 0 Å². The van der Waals surface area contributed by atoms with Gasteiger partial charge < -0.3 is 5.73 Å². The van der Waals surface area contributed by atoms with E-state index in [1.54, 1.807) is 11.3 Å². The number of halogens is 1. The molecule has 17 heavy (non-hydrogen) atoms. The van der Waals surface area contributed by atoms with Crippen LogP contribution in [0.1, 0.15) is 27.9 Å². The molecule has 2 N–H and O–H groups in total. The van der Waals surface area contributed by atoms with E-state index in [0.29, 0.717) is 0 Å². The fourth-order valence-corrected chi connectivity index (χ4v) is 3.24. The molecule has 0 spiro atoms. The molecule has 0 aliphatic rings. The van der Waals surface area contributed by atoms with E-state index in [9.17, 15) is 0 Å². The number of aryl methyl sites for hydroxylation is 2. The number of nitrogens with zero attached hydrogens (tertiary/aromatic N) is 1. The first-order valence-corrected chi connectivity index (χ1v) is 7.15. The van der Waals surface area contributed by atoms with Crippen molar-refractivity contribution < 1.29 is 0 Å². The van der Waals surface area contributed by atoms with Gasteiger partial charge in [-0.25, -0.2) is 4.98 Å². The number of rotatable bonds is 3. The highest BCUT2D eigenvalue weighted by Crippen LogP contribution is 2.23. The fourth-order valence-electron chi connectivity index (χ4n) is 1.78. The highest BCUT2D eigenvalue weighted by atomic mass is 79.9. The van der Waals surface area contributed by atoms with Crippen molar-refractivity contribution in [1.29, 1.82) is 0 Å². The third kappa shape index (κ3) is 3.37. The van der Waals surface area contributed by atoms with Crippen molar-refractivity contribution in [3.05, 3.63) is 49.9 Å². The summed E-state index contributed by atoms with van der Waals surface area (Å²) in [6.45, 7) is 4.09. The molecular weight excluding hydrogens is 296 g/mol. The molecule has 2 rings (SSSR count). The normalized spacial score (nSPS) is 12.7. The van der Waals surface area contributed by atoms with Crippen LogP contribution in [0, 0.1) is 13.8 Å². The minimum Gasteiger partial charge on any atom is -0.324 e. The van der Waals surface area contributed by atoms with Gasteiger partial charge in [0.15, 0.2) is 0 Å². The van der Waals surface area contributed by atoms with Crippen molar-refractivity contribution in [1.82, 2.24) is 4.98 Å². The van der Waals surface area contributed by atoms with Crippen LogP contribution in [-0.4, -0.2) is 4.98 Å². The quantitative estimate of drug-likeness (QED) is 0.937. The largest absolute Gasteiger partial charge is 0.324 e. The Morgan fingerprint density at radius 2 is 2.12 bits per heavy atom. The van der Waals surface area contributed by atoms with Gasteiger partial charge in [0.25, 0.3) is 0 Å². The molecule has 0 radical (unpaired) electrons. The standard InChI is InChI=1S/C13H15BrN2S/c1-8-3-10(5-11(14)4-8)12(15)6-13-16-9(2)7-17-13/h3-5,7,12H,6,15H2,1-2H3. The minimum atomic E-state index is 0.0109. The van der Waals surface area contributed by atoms with Gasteiger partial charge in [0.2, 0.25) is 0 Å². The molecule has 1 atom stereocenters. The Balaban J connectivity index is 2.16. The second kappa shape index (κ2) is 5.29. The summed E-state index contributed by atoms with van der Waals surface area (Å²) in [7, 11) is 0. The second-order valence-corrected chi connectivity index (χ2v) is 6.11. The first-order chi connectivity index (χ1) is 8.04. The van der Waals surface area contributed by atoms with Crippen LogP contribution in [0.3, 0.4) is 0 Å². The molecule has 0 fully saturated rings. The maximum absolute atomic E-state index is 6.22. The average Bonchev–Trinajstić information content (AvgIpc) is 2.62. The van der Waals surface area contributed by atoms with Crippen molar-refractivity contribution >= 4 is 27.3 Å². The number of hydrogen-bond donors (Lipinski definition) is 1. The summed E-state index contributed by atoms with van der Waals surface area (Å²) in [5.74, 6) is 0. The fraction of sp³-hybridized carbons (Fsp3) is 0.308. The molecular formula is C13H15BrN2S. The summed E-state index contributed by atoms with van der Waals surface area (Å²) in [6, 6.07) is 6.31. The summed E-state index contributed by atoms with van der Waals surface area (Å²) in [5.41, 5.74) is 9.67. The lowest BCUT2D eigenvalue weighted by Gasteiger charge is -2.11. The summed E-state index contributed by atoms with van der Waals surface area (Å²) in [4.78, 5) is 4.45. The monoisotopic (exact) mass is 310 g/mol. The Morgan fingerprint density at radius 1 is 1.35 bits per heavy atom. The second-order valence-electron chi connectivity index (χ2n) is 4.26. The van der Waals surface area contributed by atoms with E-state index in [0.717, 1.165) is 27.2 Å². The highest BCUT2D eigenvalue weighted by Gasteiger charge is 2.10. The van der Waals surface area contributed by atoms with E-state index in [1.165, 1.54) is 5.56 Å². The number of thiazole rings is 1. The Morgan fingerprint density at radius 3 is 2.71 bits per heavy atom. The van der Waals surface area contributed by atoms with Crippen LogP contribution in [0.5, 0.6) is 0 Å².